The highest BCUT2D eigenvalue weighted by atomic mass is 16.1. The highest BCUT2D eigenvalue weighted by molar-refractivity contribution is 6.05. The molecule has 0 fully saturated rings. The fourth-order valence-corrected chi connectivity index (χ4v) is 2.01. The number of H-pyrrole nitrogens is 1. The molecule has 2 N–H and O–H groups in total. The van der Waals surface area contributed by atoms with Gasteiger partial charge >= 0.3 is 0 Å². The number of nitrogens with zero attached hydrogens (tertiary/aromatic N) is 1. The number of fused-ring (bicyclic) bond motifs is 1. The van der Waals surface area contributed by atoms with Crippen LogP contribution in [0.4, 0.5) is 0 Å². The Morgan fingerprint density at radius 2 is 2.22 bits per heavy atom. The van der Waals surface area contributed by atoms with Gasteiger partial charge in [0.2, 0.25) is 0 Å². The summed E-state index contributed by atoms with van der Waals surface area (Å²) in [7, 11) is 0. The molecule has 0 saturated carbocycles. The molecular weight excluding hydrogens is 226 g/mol. The highest BCUT2D eigenvalue weighted by Gasteiger charge is 2.10. The minimum Gasteiger partial charge on any atom is -0.352 e. The Morgan fingerprint density at radius 1 is 1.33 bits per heavy atom. The summed E-state index contributed by atoms with van der Waals surface area (Å²) in [5.41, 5.74) is 1.48. The predicted octanol–water partition coefficient (Wildman–Crippen LogP) is 2.87. The number of carbonyl (C=O) groups is 1. The van der Waals surface area contributed by atoms with Gasteiger partial charge in [0.1, 0.15) is 0 Å². The normalized spacial score (nSPS) is 10.7. The van der Waals surface area contributed by atoms with Crippen LogP contribution in [0.25, 0.3) is 10.9 Å². The molecule has 0 unspecified atom stereocenters. The molecule has 0 aliphatic rings. The summed E-state index contributed by atoms with van der Waals surface area (Å²) in [4.78, 5) is 12.0. The minimum atomic E-state index is -0.0265. The summed E-state index contributed by atoms with van der Waals surface area (Å²) in [5.74, 6) is -0.0265. The lowest BCUT2D eigenvalue weighted by Gasteiger charge is -2.05. The fraction of sp³-hybridized carbons (Fsp3) is 0.429. The van der Waals surface area contributed by atoms with Crippen LogP contribution in [0, 0.1) is 0 Å². The van der Waals surface area contributed by atoms with E-state index in [0.717, 1.165) is 23.9 Å². The molecule has 1 amide bonds. The predicted molar refractivity (Wildman–Crippen MR) is 72.6 cm³/mol. The zero-order valence-corrected chi connectivity index (χ0v) is 10.7. The van der Waals surface area contributed by atoms with Gasteiger partial charge in [0.25, 0.3) is 5.91 Å². The second kappa shape index (κ2) is 6.19. The Morgan fingerprint density at radius 3 is 3.06 bits per heavy atom. The fourth-order valence-electron chi connectivity index (χ4n) is 2.01. The number of aromatic amines is 1. The van der Waals surface area contributed by atoms with Gasteiger partial charge in [-0.25, -0.2) is 0 Å². The Bertz CT molecular complexity index is 518. The van der Waals surface area contributed by atoms with E-state index in [1.54, 1.807) is 6.20 Å². The molecule has 1 heterocycles. The number of rotatable bonds is 6. The molecule has 0 spiro atoms. The first-order valence-electron chi connectivity index (χ1n) is 6.53. The lowest BCUT2D eigenvalue weighted by atomic mass is 10.1. The zero-order chi connectivity index (χ0) is 12.8. The largest absolute Gasteiger partial charge is 0.352 e. The molecule has 2 aromatic rings. The van der Waals surface area contributed by atoms with Crippen molar-refractivity contribution in [3.8, 4) is 0 Å². The summed E-state index contributed by atoms with van der Waals surface area (Å²) in [6, 6.07) is 5.64. The Balaban J connectivity index is 1.94. The zero-order valence-electron chi connectivity index (χ0n) is 10.7. The maximum absolute atomic E-state index is 12.0. The molecule has 0 atom stereocenters. The van der Waals surface area contributed by atoms with Gasteiger partial charge in [0, 0.05) is 11.9 Å². The van der Waals surface area contributed by atoms with E-state index in [1.807, 2.05) is 18.2 Å². The van der Waals surface area contributed by atoms with E-state index in [1.165, 1.54) is 19.3 Å². The van der Waals surface area contributed by atoms with Crippen molar-refractivity contribution >= 4 is 16.8 Å². The van der Waals surface area contributed by atoms with Crippen LogP contribution in [0.5, 0.6) is 0 Å². The number of unbranched alkanes of at least 4 members (excludes halogenated alkanes) is 3. The van der Waals surface area contributed by atoms with E-state index < -0.39 is 0 Å². The first-order chi connectivity index (χ1) is 8.83. The van der Waals surface area contributed by atoms with Crippen LogP contribution in [0.1, 0.15) is 43.0 Å². The first kappa shape index (κ1) is 12.6. The molecule has 1 aromatic heterocycles. The van der Waals surface area contributed by atoms with Crippen LogP contribution >= 0.6 is 0 Å². The summed E-state index contributed by atoms with van der Waals surface area (Å²) in [6.07, 6.45) is 6.38. The number of carbonyl (C=O) groups excluding carboxylic acids is 1. The molecule has 96 valence electrons. The summed E-state index contributed by atoms with van der Waals surface area (Å²) in [6.45, 7) is 2.92. The summed E-state index contributed by atoms with van der Waals surface area (Å²) >= 11 is 0. The lowest BCUT2D eigenvalue weighted by molar-refractivity contribution is 0.0954. The van der Waals surface area contributed by atoms with Crippen LogP contribution in [0.3, 0.4) is 0 Å². The van der Waals surface area contributed by atoms with Crippen molar-refractivity contribution in [1.82, 2.24) is 15.5 Å². The molecule has 0 bridgehead atoms. The molecule has 0 radical (unpaired) electrons. The maximum atomic E-state index is 12.0. The molecule has 1 aromatic carbocycles. The summed E-state index contributed by atoms with van der Waals surface area (Å²) < 4.78 is 0. The van der Waals surface area contributed by atoms with Crippen molar-refractivity contribution in [2.45, 2.75) is 32.6 Å². The Labute approximate surface area is 107 Å². The quantitative estimate of drug-likeness (QED) is 0.769. The van der Waals surface area contributed by atoms with Crippen molar-refractivity contribution in [1.29, 1.82) is 0 Å². The van der Waals surface area contributed by atoms with E-state index in [9.17, 15) is 4.79 Å². The molecule has 0 aliphatic carbocycles. The van der Waals surface area contributed by atoms with Crippen molar-refractivity contribution in [2.75, 3.05) is 6.54 Å². The average Bonchev–Trinajstić information content (AvgIpc) is 2.86. The van der Waals surface area contributed by atoms with Crippen LogP contribution in [-0.4, -0.2) is 22.6 Å². The number of para-hydroxylation sites is 1. The van der Waals surface area contributed by atoms with E-state index in [2.05, 4.69) is 22.4 Å². The SMILES string of the molecule is CCCCCCNC(=O)c1cccc2cn[nH]c12. The third kappa shape index (κ3) is 2.88. The molecule has 4 nitrogen and oxygen atoms in total. The lowest BCUT2D eigenvalue weighted by Crippen LogP contribution is -2.24. The number of hydrogen-bond donors (Lipinski definition) is 2. The second-order valence-corrected chi connectivity index (χ2v) is 4.46. The van der Waals surface area contributed by atoms with Crippen LogP contribution in [-0.2, 0) is 0 Å². The van der Waals surface area contributed by atoms with E-state index >= 15 is 0 Å². The van der Waals surface area contributed by atoms with Gasteiger partial charge in [-0.15, -0.1) is 0 Å². The molecule has 0 aliphatic heterocycles. The topological polar surface area (TPSA) is 57.8 Å². The molecular formula is C14H19N3O. The van der Waals surface area contributed by atoms with Gasteiger partial charge in [-0.2, -0.15) is 5.10 Å². The molecule has 4 heteroatoms. The Hall–Kier alpha value is -1.84. The van der Waals surface area contributed by atoms with Crippen molar-refractivity contribution in [3.05, 3.63) is 30.0 Å². The second-order valence-electron chi connectivity index (χ2n) is 4.46. The molecule has 2 rings (SSSR count). The van der Waals surface area contributed by atoms with E-state index in [4.69, 9.17) is 0 Å². The van der Waals surface area contributed by atoms with Gasteiger partial charge in [-0.1, -0.05) is 38.3 Å². The van der Waals surface area contributed by atoms with E-state index in [-0.39, 0.29) is 5.91 Å². The molecule has 18 heavy (non-hydrogen) atoms. The standard InChI is InChI=1S/C14H19N3O/c1-2-3-4-5-9-15-14(18)12-8-6-7-11-10-16-17-13(11)12/h6-8,10H,2-5,9H2,1H3,(H,15,18)(H,16,17). The minimum absolute atomic E-state index is 0.0265. The third-order valence-corrected chi connectivity index (χ3v) is 3.04. The van der Waals surface area contributed by atoms with Crippen LogP contribution in [0.2, 0.25) is 0 Å². The van der Waals surface area contributed by atoms with Gasteiger partial charge in [-0.05, 0) is 12.5 Å². The number of aromatic nitrogens is 2. The van der Waals surface area contributed by atoms with Crippen molar-refractivity contribution < 1.29 is 4.79 Å². The van der Waals surface area contributed by atoms with Crippen LogP contribution in [0.15, 0.2) is 24.4 Å². The monoisotopic (exact) mass is 245 g/mol. The van der Waals surface area contributed by atoms with Crippen molar-refractivity contribution in [3.63, 3.8) is 0 Å². The highest BCUT2D eigenvalue weighted by Crippen LogP contribution is 2.15. The van der Waals surface area contributed by atoms with Gasteiger partial charge < -0.3 is 5.32 Å². The smallest absolute Gasteiger partial charge is 0.253 e. The van der Waals surface area contributed by atoms with E-state index in [0.29, 0.717) is 5.56 Å². The number of hydrogen-bond acceptors (Lipinski definition) is 2. The number of nitrogens with one attached hydrogen (secondary N) is 2. The maximum Gasteiger partial charge on any atom is 0.253 e. The van der Waals surface area contributed by atoms with Gasteiger partial charge in [-0.3, -0.25) is 9.89 Å². The molecule has 0 saturated heterocycles. The average molecular weight is 245 g/mol. The first-order valence-corrected chi connectivity index (χ1v) is 6.53. The Kier molecular flexibility index (Phi) is 4.34. The number of benzene rings is 1. The third-order valence-electron chi connectivity index (χ3n) is 3.04. The van der Waals surface area contributed by atoms with Crippen molar-refractivity contribution in [2.24, 2.45) is 0 Å². The number of amides is 1. The summed E-state index contributed by atoms with van der Waals surface area (Å²) in [5, 5.41) is 10.7. The van der Waals surface area contributed by atoms with Gasteiger partial charge in [0.15, 0.2) is 0 Å². The van der Waals surface area contributed by atoms with Crippen LogP contribution < -0.4 is 5.32 Å². The van der Waals surface area contributed by atoms with Gasteiger partial charge in [0.05, 0.1) is 17.3 Å².